The van der Waals surface area contributed by atoms with Crippen LogP contribution in [0.5, 0.6) is 0 Å². The Bertz CT molecular complexity index is 611. The average Bonchev–Trinajstić information content (AvgIpc) is 2.88. The third kappa shape index (κ3) is 1.88. The Labute approximate surface area is 117 Å². The summed E-state index contributed by atoms with van der Waals surface area (Å²) in [5, 5.41) is 10.2. The lowest BCUT2D eigenvalue weighted by atomic mass is 10.1. The van der Waals surface area contributed by atoms with E-state index in [0.717, 1.165) is 8.66 Å². The summed E-state index contributed by atoms with van der Waals surface area (Å²) >= 11 is 4.96. The lowest BCUT2D eigenvalue weighted by Crippen LogP contribution is -2.26. The Morgan fingerprint density at radius 2 is 2.06 bits per heavy atom. The molecular formula is C13H10BrNO2S. The maximum atomic E-state index is 12.2. The predicted octanol–water partition coefficient (Wildman–Crippen LogP) is 3.16. The van der Waals surface area contributed by atoms with E-state index in [1.807, 2.05) is 24.3 Å². The van der Waals surface area contributed by atoms with Gasteiger partial charge in [-0.05, 0) is 34.1 Å². The number of carbonyl (C=O) groups excluding carboxylic acids is 1. The van der Waals surface area contributed by atoms with Crippen LogP contribution in [0.15, 0.2) is 40.2 Å². The van der Waals surface area contributed by atoms with Gasteiger partial charge in [-0.25, -0.2) is 0 Å². The predicted molar refractivity (Wildman–Crippen MR) is 73.3 cm³/mol. The molecule has 0 saturated carbocycles. The average molecular weight is 324 g/mol. The van der Waals surface area contributed by atoms with Crippen LogP contribution >= 0.6 is 27.3 Å². The summed E-state index contributed by atoms with van der Waals surface area (Å²) in [4.78, 5) is 14.7. The fourth-order valence-corrected chi connectivity index (χ4v) is 3.60. The van der Waals surface area contributed by atoms with Gasteiger partial charge in [0, 0.05) is 16.0 Å². The van der Waals surface area contributed by atoms with Gasteiger partial charge in [0.2, 0.25) is 0 Å². The molecule has 0 radical (unpaired) electrons. The topological polar surface area (TPSA) is 40.5 Å². The second-order valence-electron chi connectivity index (χ2n) is 4.10. The van der Waals surface area contributed by atoms with E-state index >= 15 is 0 Å². The van der Waals surface area contributed by atoms with E-state index in [-0.39, 0.29) is 5.91 Å². The van der Waals surface area contributed by atoms with Crippen molar-refractivity contribution in [3.8, 4) is 0 Å². The Morgan fingerprint density at radius 1 is 1.28 bits per heavy atom. The highest BCUT2D eigenvalue weighted by atomic mass is 79.9. The van der Waals surface area contributed by atoms with E-state index in [0.29, 0.717) is 17.7 Å². The summed E-state index contributed by atoms with van der Waals surface area (Å²) in [6.07, 6.45) is -0.838. The molecule has 0 aliphatic carbocycles. The molecule has 1 N–H and O–H groups in total. The first-order chi connectivity index (χ1) is 8.66. The molecule has 1 aliphatic rings. The molecule has 2 heterocycles. The zero-order valence-electron chi connectivity index (χ0n) is 9.34. The molecular weight excluding hydrogens is 314 g/mol. The molecule has 0 fully saturated rings. The van der Waals surface area contributed by atoms with Crippen molar-refractivity contribution in [3.05, 3.63) is 56.2 Å². The second kappa shape index (κ2) is 4.50. The highest BCUT2D eigenvalue weighted by Crippen LogP contribution is 2.34. The summed E-state index contributed by atoms with van der Waals surface area (Å²) in [6, 6.07) is 11.1. The first kappa shape index (κ1) is 11.9. The van der Waals surface area contributed by atoms with Crippen LogP contribution in [-0.2, 0) is 6.54 Å². The Hall–Kier alpha value is -1.17. The zero-order valence-corrected chi connectivity index (χ0v) is 11.7. The Morgan fingerprint density at radius 3 is 2.72 bits per heavy atom. The molecule has 1 amide bonds. The van der Waals surface area contributed by atoms with E-state index in [4.69, 9.17) is 0 Å². The number of nitrogens with zero attached hydrogens (tertiary/aromatic N) is 1. The van der Waals surface area contributed by atoms with Crippen molar-refractivity contribution in [1.29, 1.82) is 0 Å². The monoisotopic (exact) mass is 323 g/mol. The zero-order chi connectivity index (χ0) is 12.7. The van der Waals surface area contributed by atoms with Crippen LogP contribution in [0.2, 0.25) is 0 Å². The van der Waals surface area contributed by atoms with Crippen LogP contribution < -0.4 is 0 Å². The van der Waals surface area contributed by atoms with Crippen LogP contribution in [0.25, 0.3) is 0 Å². The van der Waals surface area contributed by atoms with Crippen molar-refractivity contribution in [1.82, 2.24) is 4.90 Å². The van der Waals surface area contributed by atoms with E-state index in [9.17, 15) is 9.90 Å². The summed E-state index contributed by atoms with van der Waals surface area (Å²) in [7, 11) is 0. The molecule has 0 bridgehead atoms. The van der Waals surface area contributed by atoms with Crippen LogP contribution in [0.1, 0.15) is 27.0 Å². The molecule has 5 heteroatoms. The van der Waals surface area contributed by atoms with Crippen LogP contribution in [0.3, 0.4) is 0 Å². The number of hydrogen-bond acceptors (Lipinski definition) is 3. The van der Waals surface area contributed by atoms with Gasteiger partial charge in [0.1, 0.15) is 0 Å². The molecule has 1 atom stereocenters. The molecule has 1 aliphatic heterocycles. The number of thiophene rings is 1. The summed E-state index contributed by atoms with van der Waals surface area (Å²) in [5.74, 6) is -0.109. The molecule has 2 aromatic rings. The fourth-order valence-electron chi connectivity index (χ4n) is 2.11. The van der Waals surface area contributed by atoms with Crippen molar-refractivity contribution in [2.45, 2.75) is 12.8 Å². The number of fused-ring (bicyclic) bond motifs is 1. The molecule has 3 rings (SSSR count). The second-order valence-corrected chi connectivity index (χ2v) is 6.65. The minimum Gasteiger partial charge on any atom is -0.369 e. The third-order valence-corrected chi connectivity index (χ3v) is 4.59. The first-order valence-electron chi connectivity index (χ1n) is 5.49. The normalized spacial score (nSPS) is 18.2. The highest BCUT2D eigenvalue weighted by Gasteiger charge is 2.35. The number of halogens is 1. The van der Waals surface area contributed by atoms with E-state index in [1.54, 1.807) is 23.5 Å². The minimum atomic E-state index is -0.838. The van der Waals surface area contributed by atoms with Crippen molar-refractivity contribution in [2.75, 3.05) is 0 Å². The highest BCUT2D eigenvalue weighted by molar-refractivity contribution is 9.11. The van der Waals surface area contributed by atoms with Crippen LogP contribution in [0.4, 0.5) is 0 Å². The summed E-state index contributed by atoms with van der Waals surface area (Å²) < 4.78 is 1.02. The van der Waals surface area contributed by atoms with Gasteiger partial charge in [0.15, 0.2) is 6.23 Å². The molecule has 18 heavy (non-hydrogen) atoms. The quantitative estimate of drug-likeness (QED) is 0.922. The fraction of sp³-hybridized carbons (Fsp3) is 0.154. The number of aliphatic hydroxyl groups is 1. The number of rotatable bonds is 2. The molecule has 0 spiro atoms. The molecule has 0 saturated heterocycles. The van der Waals surface area contributed by atoms with Gasteiger partial charge in [0.25, 0.3) is 5.91 Å². The van der Waals surface area contributed by atoms with E-state index < -0.39 is 6.23 Å². The molecule has 1 aromatic heterocycles. The molecule has 1 aromatic carbocycles. The maximum Gasteiger partial charge on any atom is 0.256 e. The Balaban J connectivity index is 1.90. The minimum absolute atomic E-state index is 0.109. The van der Waals surface area contributed by atoms with Gasteiger partial charge >= 0.3 is 0 Å². The number of carbonyl (C=O) groups is 1. The lowest BCUT2D eigenvalue weighted by molar-refractivity contribution is 0.0142. The standard InChI is InChI=1S/C13H10BrNO2S/c14-11-6-5-8(18-11)7-15-12(16)9-3-1-2-4-10(9)13(15)17/h1-6,12,16H,7H2. The molecule has 3 nitrogen and oxygen atoms in total. The smallest absolute Gasteiger partial charge is 0.256 e. The number of amides is 1. The largest absolute Gasteiger partial charge is 0.369 e. The lowest BCUT2D eigenvalue weighted by Gasteiger charge is -2.19. The van der Waals surface area contributed by atoms with E-state index in [2.05, 4.69) is 15.9 Å². The molecule has 1 unspecified atom stereocenters. The van der Waals surface area contributed by atoms with Crippen molar-refractivity contribution in [3.63, 3.8) is 0 Å². The summed E-state index contributed by atoms with van der Waals surface area (Å²) in [5.41, 5.74) is 1.29. The van der Waals surface area contributed by atoms with Crippen molar-refractivity contribution in [2.24, 2.45) is 0 Å². The molecule has 92 valence electrons. The number of aliphatic hydroxyl groups excluding tert-OH is 1. The van der Waals surface area contributed by atoms with Gasteiger partial charge in [-0.1, -0.05) is 18.2 Å². The maximum absolute atomic E-state index is 12.2. The SMILES string of the molecule is O=C1c2ccccc2C(O)N1Cc1ccc(Br)s1. The number of benzene rings is 1. The van der Waals surface area contributed by atoms with Gasteiger partial charge in [0.05, 0.1) is 10.3 Å². The number of hydrogen-bond donors (Lipinski definition) is 1. The van der Waals surface area contributed by atoms with Gasteiger partial charge < -0.3 is 10.0 Å². The first-order valence-corrected chi connectivity index (χ1v) is 7.10. The van der Waals surface area contributed by atoms with Gasteiger partial charge in [-0.15, -0.1) is 11.3 Å². The third-order valence-electron chi connectivity index (χ3n) is 2.98. The van der Waals surface area contributed by atoms with Gasteiger partial charge in [-0.2, -0.15) is 0 Å². The van der Waals surface area contributed by atoms with Crippen LogP contribution in [-0.4, -0.2) is 15.9 Å². The van der Waals surface area contributed by atoms with Crippen LogP contribution in [0, 0.1) is 0 Å². The summed E-state index contributed by atoms with van der Waals surface area (Å²) in [6.45, 7) is 0.435. The Kier molecular flexibility index (Phi) is 2.97. The van der Waals surface area contributed by atoms with E-state index in [1.165, 1.54) is 4.90 Å². The van der Waals surface area contributed by atoms with Crippen molar-refractivity contribution >= 4 is 33.2 Å². The van der Waals surface area contributed by atoms with Crippen molar-refractivity contribution < 1.29 is 9.90 Å². The van der Waals surface area contributed by atoms with Gasteiger partial charge in [-0.3, -0.25) is 4.79 Å².